The Labute approximate surface area is 126 Å². The van der Waals surface area contributed by atoms with E-state index in [0.717, 1.165) is 30.0 Å². The van der Waals surface area contributed by atoms with Crippen molar-refractivity contribution in [2.75, 3.05) is 24.3 Å². The molecule has 2 rings (SSSR count). The van der Waals surface area contributed by atoms with Crippen molar-refractivity contribution in [2.45, 2.75) is 32.7 Å². The standard InChI is InChI=1S/C15H24N6/c1-6-7-12(14-16-8-9-21(14)5)18-15-17-10-11(2)13(19-15)20(3)4/h8-10,12H,6-7H2,1-5H3,(H,17,18,19)/t12-/m1/s1. The first-order valence-electron chi connectivity index (χ1n) is 7.27. The molecule has 21 heavy (non-hydrogen) atoms. The summed E-state index contributed by atoms with van der Waals surface area (Å²) in [5.41, 5.74) is 1.06. The molecule has 0 saturated carbocycles. The maximum atomic E-state index is 4.60. The minimum Gasteiger partial charge on any atom is -0.362 e. The molecule has 2 aromatic heterocycles. The zero-order valence-corrected chi connectivity index (χ0v) is 13.5. The lowest BCUT2D eigenvalue weighted by molar-refractivity contribution is 0.608. The van der Waals surface area contributed by atoms with E-state index in [0.29, 0.717) is 5.95 Å². The number of imidazole rings is 1. The van der Waals surface area contributed by atoms with Gasteiger partial charge in [-0.2, -0.15) is 4.98 Å². The molecule has 2 aromatic rings. The van der Waals surface area contributed by atoms with Gasteiger partial charge in [0.15, 0.2) is 0 Å². The van der Waals surface area contributed by atoms with Crippen molar-refractivity contribution in [3.8, 4) is 0 Å². The summed E-state index contributed by atoms with van der Waals surface area (Å²) in [7, 11) is 5.98. The molecule has 0 aromatic carbocycles. The summed E-state index contributed by atoms with van der Waals surface area (Å²) >= 11 is 0. The Morgan fingerprint density at radius 3 is 2.67 bits per heavy atom. The molecule has 0 spiro atoms. The van der Waals surface area contributed by atoms with Gasteiger partial charge >= 0.3 is 0 Å². The van der Waals surface area contributed by atoms with Gasteiger partial charge in [0, 0.05) is 45.3 Å². The summed E-state index contributed by atoms with van der Waals surface area (Å²) < 4.78 is 2.04. The van der Waals surface area contributed by atoms with E-state index in [1.54, 1.807) is 0 Å². The van der Waals surface area contributed by atoms with Crippen LogP contribution in [0.15, 0.2) is 18.6 Å². The summed E-state index contributed by atoms with van der Waals surface area (Å²) in [6.07, 6.45) is 7.68. The Balaban J connectivity index is 2.25. The maximum absolute atomic E-state index is 4.60. The van der Waals surface area contributed by atoms with Crippen LogP contribution >= 0.6 is 0 Å². The Morgan fingerprint density at radius 2 is 2.10 bits per heavy atom. The molecule has 1 atom stereocenters. The second-order valence-electron chi connectivity index (χ2n) is 5.48. The summed E-state index contributed by atoms with van der Waals surface area (Å²) in [4.78, 5) is 15.4. The van der Waals surface area contributed by atoms with Crippen LogP contribution in [0, 0.1) is 6.92 Å². The highest BCUT2D eigenvalue weighted by atomic mass is 15.2. The van der Waals surface area contributed by atoms with E-state index >= 15 is 0 Å². The van der Waals surface area contributed by atoms with E-state index in [1.807, 2.05) is 56.1 Å². The predicted molar refractivity (Wildman–Crippen MR) is 85.6 cm³/mol. The first kappa shape index (κ1) is 15.3. The monoisotopic (exact) mass is 288 g/mol. The van der Waals surface area contributed by atoms with Crippen LogP contribution in [0.4, 0.5) is 11.8 Å². The molecule has 6 nitrogen and oxygen atoms in total. The molecule has 1 N–H and O–H groups in total. The highest BCUT2D eigenvalue weighted by Crippen LogP contribution is 2.22. The summed E-state index contributed by atoms with van der Waals surface area (Å²) in [5, 5.41) is 3.41. The van der Waals surface area contributed by atoms with Gasteiger partial charge in [0.1, 0.15) is 11.6 Å². The number of aromatic nitrogens is 4. The number of nitrogens with one attached hydrogen (secondary N) is 1. The lowest BCUT2D eigenvalue weighted by atomic mass is 10.1. The minimum atomic E-state index is 0.118. The Kier molecular flexibility index (Phi) is 4.77. The molecule has 0 amide bonds. The third-order valence-electron chi connectivity index (χ3n) is 3.42. The first-order chi connectivity index (χ1) is 10.0. The largest absolute Gasteiger partial charge is 0.362 e. The smallest absolute Gasteiger partial charge is 0.225 e. The average Bonchev–Trinajstić information content (AvgIpc) is 2.86. The van der Waals surface area contributed by atoms with Crippen LogP contribution in [0.25, 0.3) is 0 Å². The second-order valence-corrected chi connectivity index (χ2v) is 5.48. The molecule has 6 heteroatoms. The first-order valence-corrected chi connectivity index (χ1v) is 7.27. The van der Waals surface area contributed by atoms with Crippen molar-refractivity contribution >= 4 is 11.8 Å². The Hall–Kier alpha value is -2.11. The SMILES string of the molecule is CCC[C@@H](Nc1ncc(C)c(N(C)C)n1)c1nccn1C. The summed E-state index contributed by atoms with van der Waals surface area (Å²) in [6.45, 7) is 4.18. The number of anilines is 2. The van der Waals surface area contributed by atoms with E-state index in [9.17, 15) is 0 Å². The van der Waals surface area contributed by atoms with E-state index < -0.39 is 0 Å². The number of hydrogen-bond acceptors (Lipinski definition) is 5. The second kappa shape index (κ2) is 6.56. The molecule has 0 fully saturated rings. The van der Waals surface area contributed by atoms with Gasteiger partial charge in [0.2, 0.25) is 5.95 Å². The molecule has 0 aliphatic heterocycles. The van der Waals surface area contributed by atoms with Crippen molar-refractivity contribution in [1.82, 2.24) is 19.5 Å². The van der Waals surface area contributed by atoms with Gasteiger partial charge in [-0.25, -0.2) is 9.97 Å². The van der Waals surface area contributed by atoms with E-state index in [1.165, 1.54) is 0 Å². The third-order valence-corrected chi connectivity index (χ3v) is 3.42. The Bertz CT molecular complexity index is 590. The van der Waals surface area contributed by atoms with E-state index in [-0.39, 0.29) is 6.04 Å². The van der Waals surface area contributed by atoms with Crippen LogP contribution in [0.3, 0.4) is 0 Å². The van der Waals surface area contributed by atoms with Crippen molar-refractivity contribution < 1.29 is 0 Å². The van der Waals surface area contributed by atoms with Crippen LogP contribution in [0.5, 0.6) is 0 Å². The number of hydrogen-bond donors (Lipinski definition) is 1. The molecule has 0 aliphatic carbocycles. The van der Waals surface area contributed by atoms with Crippen LogP contribution in [-0.2, 0) is 7.05 Å². The van der Waals surface area contributed by atoms with Gasteiger partial charge in [0.05, 0.1) is 6.04 Å². The molecule has 114 valence electrons. The molecular weight excluding hydrogens is 264 g/mol. The van der Waals surface area contributed by atoms with Gasteiger partial charge in [-0.05, 0) is 13.3 Å². The van der Waals surface area contributed by atoms with Gasteiger partial charge in [-0.3, -0.25) is 0 Å². The highest BCUT2D eigenvalue weighted by Gasteiger charge is 2.17. The van der Waals surface area contributed by atoms with Crippen molar-refractivity contribution in [1.29, 1.82) is 0 Å². The van der Waals surface area contributed by atoms with Gasteiger partial charge in [-0.1, -0.05) is 13.3 Å². The van der Waals surface area contributed by atoms with Crippen LogP contribution < -0.4 is 10.2 Å². The molecule has 0 bridgehead atoms. The van der Waals surface area contributed by atoms with Gasteiger partial charge < -0.3 is 14.8 Å². The van der Waals surface area contributed by atoms with Gasteiger partial charge in [0.25, 0.3) is 0 Å². The molecule has 0 aliphatic rings. The number of aryl methyl sites for hydroxylation is 2. The van der Waals surface area contributed by atoms with Crippen LogP contribution in [0.1, 0.15) is 37.2 Å². The topological polar surface area (TPSA) is 58.9 Å². The zero-order valence-electron chi connectivity index (χ0n) is 13.5. The van der Waals surface area contributed by atoms with Crippen LogP contribution in [-0.4, -0.2) is 33.6 Å². The van der Waals surface area contributed by atoms with E-state index in [2.05, 4.69) is 27.2 Å². The summed E-state index contributed by atoms with van der Waals surface area (Å²) in [6, 6.07) is 0.118. The highest BCUT2D eigenvalue weighted by molar-refractivity contribution is 5.48. The normalized spacial score (nSPS) is 12.2. The maximum Gasteiger partial charge on any atom is 0.225 e. The molecule has 0 radical (unpaired) electrons. The fraction of sp³-hybridized carbons (Fsp3) is 0.533. The third kappa shape index (κ3) is 3.51. The van der Waals surface area contributed by atoms with E-state index in [4.69, 9.17) is 0 Å². The lowest BCUT2D eigenvalue weighted by Gasteiger charge is -2.20. The lowest BCUT2D eigenvalue weighted by Crippen LogP contribution is -2.19. The molecule has 0 saturated heterocycles. The molecular formula is C15H24N6. The minimum absolute atomic E-state index is 0.118. The molecule has 0 unspecified atom stereocenters. The summed E-state index contributed by atoms with van der Waals surface area (Å²) in [5.74, 6) is 2.58. The fourth-order valence-corrected chi connectivity index (χ4v) is 2.38. The Morgan fingerprint density at radius 1 is 1.33 bits per heavy atom. The molecule has 2 heterocycles. The predicted octanol–water partition coefficient (Wildman–Crippen LogP) is 2.54. The number of rotatable bonds is 6. The van der Waals surface area contributed by atoms with Crippen molar-refractivity contribution in [3.63, 3.8) is 0 Å². The van der Waals surface area contributed by atoms with Crippen molar-refractivity contribution in [2.24, 2.45) is 7.05 Å². The number of nitrogens with zero attached hydrogens (tertiary/aromatic N) is 5. The fourth-order valence-electron chi connectivity index (χ4n) is 2.38. The zero-order chi connectivity index (χ0) is 15.4. The van der Waals surface area contributed by atoms with Crippen molar-refractivity contribution in [3.05, 3.63) is 30.0 Å². The van der Waals surface area contributed by atoms with Crippen LogP contribution in [0.2, 0.25) is 0 Å². The average molecular weight is 288 g/mol. The quantitative estimate of drug-likeness (QED) is 0.885. The van der Waals surface area contributed by atoms with Gasteiger partial charge in [-0.15, -0.1) is 0 Å².